The van der Waals surface area contributed by atoms with Crippen LogP contribution in [0, 0.1) is 6.92 Å². The summed E-state index contributed by atoms with van der Waals surface area (Å²) in [5.41, 5.74) is 1.05. The first kappa shape index (κ1) is 14.3. The van der Waals surface area contributed by atoms with E-state index in [1.807, 2.05) is 31.2 Å². The summed E-state index contributed by atoms with van der Waals surface area (Å²) >= 11 is 1.26. The van der Waals surface area contributed by atoms with E-state index in [0.717, 1.165) is 11.3 Å². The zero-order valence-corrected chi connectivity index (χ0v) is 12.6. The number of hydrogen-bond donors (Lipinski definition) is 1. The molecule has 3 rings (SSSR count). The lowest BCUT2D eigenvalue weighted by Gasteiger charge is -2.05. The SMILES string of the molecule is Cc1ccccc1OCc1nnc(NC(=O)c2ccco2)s1. The van der Waals surface area contributed by atoms with E-state index in [0.29, 0.717) is 16.7 Å². The lowest BCUT2D eigenvalue weighted by Crippen LogP contribution is -2.10. The van der Waals surface area contributed by atoms with Crippen LogP contribution in [0.2, 0.25) is 0 Å². The highest BCUT2D eigenvalue weighted by atomic mass is 32.1. The smallest absolute Gasteiger partial charge is 0.293 e. The summed E-state index contributed by atoms with van der Waals surface area (Å²) in [5.74, 6) is 0.680. The molecule has 0 radical (unpaired) electrons. The standard InChI is InChI=1S/C15H13N3O3S/c1-10-5-2-3-6-11(10)21-9-13-17-18-15(22-13)16-14(19)12-7-4-8-20-12/h2-8H,9H2,1H3,(H,16,18,19). The number of amides is 1. The summed E-state index contributed by atoms with van der Waals surface area (Å²) in [5, 5.41) is 11.6. The van der Waals surface area contributed by atoms with E-state index < -0.39 is 0 Å². The summed E-state index contributed by atoms with van der Waals surface area (Å²) in [6.45, 7) is 2.28. The van der Waals surface area contributed by atoms with Gasteiger partial charge in [-0.3, -0.25) is 10.1 Å². The normalized spacial score (nSPS) is 10.4. The van der Waals surface area contributed by atoms with Gasteiger partial charge in [-0.1, -0.05) is 29.5 Å². The summed E-state index contributed by atoms with van der Waals surface area (Å²) in [7, 11) is 0. The van der Waals surface area contributed by atoms with Gasteiger partial charge in [0.2, 0.25) is 5.13 Å². The van der Waals surface area contributed by atoms with Gasteiger partial charge >= 0.3 is 0 Å². The number of aryl methyl sites for hydroxylation is 1. The predicted octanol–water partition coefficient (Wildman–Crippen LogP) is 3.27. The maximum absolute atomic E-state index is 11.8. The molecule has 0 aliphatic rings. The van der Waals surface area contributed by atoms with Gasteiger partial charge in [0.25, 0.3) is 5.91 Å². The Hall–Kier alpha value is -2.67. The Kier molecular flexibility index (Phi) is 4.15. The highest BCUT2D eigenvalue weighted by molar-refractivity contribution is 7.15. The van der Waals surface area contributed by atoms with Crippen molar-refractivity contribution in [3.8, 4) is 5.75 Å². The molecule has 0 spiro atoms. The van der Waals surface area contributed by atoms with E-state index in [1.165, 1.54) is 17.6 Å². The highest BCUT2D eigenvalue weighted by Gasteiger charge is 2.12. The van der Waals surface area contributed by atoms with Gasteiger partial charge < -0.3 is 9.15 Å². The average molecular weight is 315 g/mol. The molecule has 1 N–H and O–H groups in total. The number of ether oxygens (including phenoxy) is 1. The first-order valence-electron chi connectivity index (χ1n) is 6.58. The lowest BCUT2D eigenvalue weighted by molar-refractivity contribution is 0.0996. The highest BCUT2D eigenvalue weighted by Crippen LogP contribution is 2.21. The number of nitrogens with zero attached hydrogens (tertiary/aromatic N) is 2. The fraction of sp³-hybridized carbons (Fsp3) is 0.133. The Morgan fingerprint density at radius 3 is 2.91 bits per heavy atom. The van der Waals surface area contributed by atoms with Crippen LogP contribution in [-0.2, 0) is 6.61 Å². The van der Waals surface area contributed by atoms with Gasteiger partial charge in [-0.2, -0.15) is 0 Å². The fourth-order valence-electron chi connectivity index (χ4n) is 1.79. The third kappa shape index (κ3) is 3.32. The van der Waals surface area contributed by atoms with E-state index in [1.54, 1.807) is 12.1 Å². The molecule has 0 fully saturated rings. The summed E-state index contributed by atoms with van der Waals surface area (Å²) < 4.78 is 10.7. The molecule has 0 aliphatic heterocycles. The van der Waals surface area contributed by atoms with Crippen LogP contribution < -0.4 is 10.1 Å². The first-order valence-corrected chi connectivity index (χ1v) is 7.39. The van der Waals surface area contributed by atoms with Crippen LogP contribution in [0.25, 0.3) is 0 Å². The number of rotatable bonds is 5. The third-order valence-corrected chi connectivity index (χ3v) is 3.69. The van der Waals surface area contributed by atoms with E-state index in [9.17, 15) is 4.79 Å². The minimum absolute atomic E-state index is 0.230. The molecule has 0 aliphatic carbocycles. The van der Waals surface area contributed by atoms with Crippen LogP contribution in [0.5, 0.6) is 5.75 Å². The zero-order chi connectivity index (χ0) is 15.4. The molecule has 1 amide bonds. The minimum atomic E-state index is -0.354. The van der Waals surface area contributed by atoms with Crippen LogP contribution in [0.1, 0.15) is 21.1 Å². The maximum atomic E-state index is 11.8. The number of hydrogen-bond acceptors (Lipinski definition) is 6. The molecule has 112 valence electrons. The van der Waals surface area contributed by atoms with E-state index in [2.05, 4.69) is 15.5 Å². The van der Waals surface area contributed by atoms with E-state index in [4.69, 9.17) is 9.15 Å². The third-order valence-electron chi connectivity index (χ3n) is 2.88. The number of para-hydroxylation sites is 1. The molecule has 2 aromatic heterocycles. The molecule has 0 unspecified atom stereocenters. The number of carbonyl (C=O) groups excluding carboxylic acids is 1. The maximum Gasteiger partial charge on any atom is 0.293 e. The molecule has 1 aromatic carbocycles. The van der Waals surface area contributed by atoms with Crippen molar-refractivity contribution in [2.75, 3.05) is 5.32 Å². The topological polar surface area (TPSA) is 77.3 Å². The van der Waals surface area contributed by atoms with Gasteiger partial charge in [-0.15, -0.1) is 10.2 Å². The quantitative estimate of drug-likeness (QED) is 0.782. The molecule has 0 atom stereocenters. The number of carbonyl (C=O) groups is 1. The Labute approximate surface area is 130 Å². The summed E-state index contributed by atoms with van der Waals surface area (Å²) in [6, 6.07) is 11.0. The molecule has 7 heteroatoms. The molecule has 22 heavy (non-hydrogen) atoms. The Morgan fingerprint density at radius 1 is 1.27 bits per heavy atom. The number of aromatic nitrogens is 2. The molecule has 2 heterocycles. The first-order chi connectivity index (χ1) is 10.7. The van der Waals surface area contributed by atoms with Gasteiger partial charge in [0.15, 0.2) is 10.8 Å². The fourth-order valence-corrected chi connectivity index (χ4v) is 2.43. The van der Waals surface area contributed by atoms with Gasteiger partial charge in [0.1, 0.15) is 12.4 Å². The summed E-state index contributed by atoms with van der Waals surface area (Å²) in [6.07, 6.45) is 1.44. The molecule has 3 aromatic rings. The lowest BCUT2D eigenvalue weighted by atomic mass is 10.2. The number of furan rings is 1. The van der Waals surface area contributed by atoms with Crippen molar-refractivity contribution in [1.82, 2.24) is 10.2 Å². The monoisotopic (exact) mass is 315 g/mol. The molecule has 0 saturated heterocycles. The Bertz CT molecular complexity index is 768. The van der Waals surface area contributed by atoms with E-state index in [-0.39, 0.29) is 11.7 Å². The second kappa shape index (κ2) is 6.40. The van der Waals surface area contributed by atoms with Crippen LogP contribution in [-0.4, -0.2) is 16.1 Å². The van der Waals surface area contributed by atoms with Crippen molar-refractivity contribution in [3.05, 3.63) is 59.0 Å². The van der Waals surface area contributed by atoms with Crippen molar-refractivity contribution >= 4 is 22.4 Å². The van der Waals surface area contributed by atoms with Gasteiger partial charge in [-0.25, -0.2) is 0 Å². The average Bonchev–Trinajstić information content (AvgIpc) is 3.18. The Balaban J connectivity index is 1.60. The van der Waals surface area contributed by atoms with Crippen LogP contribution in [0.4, 0.5) is 5.13 Å². The predicted molar refractivity (Wildman–Crippen MR) is 82.1 cm³/mol. The number of nitrogens with one attached hydrogen (secondary N) is 1. The van der Waals surface area contributed by atoms with Crippen LogP contribution in [0.3, 0.4) is 0 Å². The largest absolute Gasteiger partial charge is 0.486 e. The van der Waals surface area contributed by atoms with Crippen molar-refractivity contribution < 1.29 is 13.9 Å². The van der Waals surface area contributed by atoms with Gasteiger partial charge in [0.05, 0.1) is 6.26 Å². The molecular formula is C15H13N3O3S. The number of benzene rings is 1. The number of anilines is 1. The van der Waals surface area contributed by atoms with Gasteiger partial charge in [-0.05, 0) is 30.7 Å². The van der Waals surface area contributed by atoms with Crippen molar-refractivity contribution in [3.63, 3.8) is 0 Å². The van der Waals surface area contributed by atoms with Gasteiger partial charge in [0, 0.05) is 0 Å². The molecule has 6 nitrogen and oxygen atoms in total. The van der Waals surface area contributed by atoms with E-state index >= 15 is 0 Å². The molecular weight excluding hydrogens is 302 g/mol. The van der Waals surface area contributed by atoms with Crippen molar-refractivity contribution in [2.24, 2.45) is 0 Å². The second-order valence-corrected chi connectivity index (χ2v) is 5.55. The summed E-state index contributed by atoms with van der Waals surface area (Å²) in [4.78, 5) is 11.8. The zero-order valence-electron chi connectivity index (χ0n) is 11.8. The van der Waals surface area contributed by atoms with Crippen molar-refractivity contribution in [2.45, 2.75) is 13.5 Å². The second-order valence-electron chi connectivity index (χ2n) is 4.49. The van der Waals surface area contributed by atoms with Crippen LogP contribution >= 0.6 is 11.3 Å². The van der Waals surface area contributed by atoms with Crippen LogP contribution in [0.15, 0.2) is 47.1 Å². The Morgan fingerprint density at radius 2 is 2.14 bits per heavy atom. The minimum Gasteiger partial charge on any atom is -0.486 e. The van der Waals surface area contributed by atoms with Crippen molar-refractivity contribution in [1.29, 1.82) is 0 Å². The molecule has 0 bridgehead atoms. The molecule has 0 saturated carbocycles.